The van der Waals surface area contributed by atoms with Crippen LogP contribution in [-0.4, -0.2) is 45.2 Å². The number of nitrogens with zero attached hydrogens (tertiary/aromatic N) is 3. The number of hydrogen-bond donors (Lipinski definition) is 1. The van der Waals surface area contributed by atoms with Crippen LogP contribution < -0.4 is 5.32 Å². The second-order valence-electron chi connectivity index (χ2n) is 4.31. The van der Waals surface area contributed by atoms with Crippen LogP contribution in [0.25, 0.3) is 0 Å². The fraction of sp³-hybridized carbons (Fsp3) is 0.727. The molecule has 1 atom stereocenters. The Morgan fingerprint density at radius 1 is 1.32 bits per heavy atom. The second kappa shape index (κ2) is 8.21. The number of aromatic nitrogens is 2. The molecule has 0 radical (unpaired) electrons. The van der Waals surface area contributed by atoms with Gasteiger partial charge in [0.1, 0.15) is 0 Å². The molecule has 0 aromatic carbocycles. The van der Waals surface area contributed by atoms with E-state index in [0.29, 0.717) is 15.2 Å². The molecule has 1 unspecified atom stereocenters. The number of unbranched alkanes of at least 4 members (excludes halogenated alkanes) is 3. The van der Waals surface area contributed by atoms with Crippen molar-refractivity contribution in [3.63, 3.8) is 0 Å². The lowest BCUT2D eigenvalue weighted by Crippen LogP contribution is -2.27. The molecule has 2 amide bonds. The van der Waals surface area contributed by atoms with Gasteiger partial charge in [0.25, 0.3) is 0 Å². The van der Waals surface area contributed by atoms with Gasteiger partial charge in [0.2, 0.25) is 9.47 Å². The van der Waals surface area contributed by atoms with Gasteiger partial charge < -0.3 is 4.90 Å². The molecule has 6 nitrogen and oxygen atoms in total. The van der Waals surface area contributed by atoms with E-state index in [9.17, 15) is 9.00 Å². The van der Waals surface area contributed by atoms with Crippen molar-refractivity contribution in [1.29, 1.82) is 0 Å². The number of hydrogen-bond acceptors (Lipinski definition) is 5. The topological polar surface area (TPSA) is 75.2 Å². The Balaban J connectivity index is 2.45. The molecule has 108 valence electrons. The quantitative estimate of drug-likeness (QED) is 0.619. The molecule has 0 aliphatic heterocycles. The molecule has 0 saturated heterocycles. The summed E-state index contributed by atoms with van der Waals surface area (Å²) in [6, 6.07) is -0.267. The predicted octanol–water partition coefficient (Wildman–Crippen LogP) is 2.32. The number of carbonyl (C=O) groups is 1. The Kier molecular flexibility index (Phi) is 6.93. The van der Waals surface area contributed by atoms with Gasteiger partial charge in [-0.25, -0.2) is 4.79 Å². The van der Waals surface area contributed by atoms with Crippen LogP contribution in [0.2, 0.25) is 0 Å². The SMILES string of the molecule is CCCCCCS(=O)c1nnc(NC(=O)N(C)C)s1. The van der Waals surface area contributed by atoms with Gasteiger partial charge in [0.15, 0.2) is 0 Å². The zero-order valence-electron chi connectivity index (χ0n) is 11.5. The van der Waals surface area contributed by atoms with Crippen LogP contribution in [0.3, 0.4) is 0 Å². The highest BCUT2D eigenvalue weighted by Gasteiger charge is 2.13. The van der Waals surface area contributed by atoms with Crippen molar-refractivity contribution in [3.8, 4) is 0 Å². The van der Waals surface area contributed by atoms with Crippen molar-refractivity contribution >= 4 is 33.3 Å². The molecule has 1 aromatic heterocycles. The number of anilines is 1. The number of nitrogens with one attached hydrogen (secondary N) is 1. The zero-order chi connectivity index (χ0) is 14.3. The van der Waals surface area contributed by atoms with Crippen molar-refractivity contribution in [2.24, 2.45) is 0 Å². The van der Waals surface area contributed by atoms with Crippen LogP contribution in [-0.2, 0) is 10.8 Å². The lowest BCUT2D eigenvalue weighted by Gasteiger charge is -2.08. The second-order valence-corrected chi connectivity index (χ2v) is 7.03. The Bertz CT molecular complexity index is 434. The van der Waals surface area contributed by atoms with Crippen molar-refractivity contribution in [3.05, 3.63) is 0 Å². The monoisotopic (exact) mass is 304 g/mol. The molecule has 1 N–H and O–H groups in total. The molecule has 1 aromatic rings. The molecule has 0 bridgehead atoms. The number of carbonyl (C=O) groups excluding carboxylic acids is 1. The maximum atomic E-state index is 11.9. The summed E-state index contributed by atoms with van der Waals surface area (Å²) in [5.41, 5.74) is 0. The van der Waals surface area contributed by atoms with E-state index in [2.05, 4.69) is 22.4 Å². The Morgan fingerprint density at radius 3 is 2.68 bits per heavy atom. The summed E-state index contributed by atoms with van der Waals surface area (Å²) in [5, 5.41) is 10.7. The first-order valence-corrected chi connectivity index (χ1v) is 8.38. The van der Waals surface area contributed by atoms with Gasteiger partial charge in [-0.3, -0.25) is 9.53 Å². The fourth-order valence-corrected chi connectivity index (χ4v) is 3.40. The van der Waals surface area contributed by atoms with E-state index in [1.165, 1.54) is 16.2 Å². The molecule has 0 fully saturated rings. The van der Waals surface area contributed by atoms with Crippen molar-refractivity contribution in [2.45, 2.75) is 36.9 Å². The van der Waals surface area contributed by atoms with Gasteiger partial charge in [-0.15, -0.1) is 10.2 Å². The van der Waals surface area contributed by atoms with E-state index in [1.54, 1.807) is 14.1 Å². The maximum Gasteiger partial charge on any atom is 0.323 e. The third-order valence-corrected chi connectivity index (χ3v) is 4.98. The number of rotatable bonds is 7. The standard InChI is InChI=1S/C11H20N4O2S2/c1-4-5-6-7-8-19(17)11-14-13-9(18-11)12-10(16)15(2)3/h4-8H2,1-3H3,(H,12,13,16). The summed E-state index contributed by atoms with van der Waals surface area (Å²) >= 11 is 1.17. The Morgan fingerprint density at radius 2 is 2.05 bits per heavy atom. The van der Waals surface area contributed by atoms with E-state index in [0.717, 1.165) is 25.7 Å². The summed E-state index contributed by atoms with van der Waals surface area (Å²) in [6.07, 6.45) is 4.34. The minimum atomic E-state index is -1.11. The Hall–Kier alpha value is -1.02. The molecular formula is C11H20N4O2S2. The lowest BCUT2D eigenvalue weighted by molar-refractivity contribution is 0.230. The summed E-state index contributed by atoms with van der Waals surface area (Å²) in [5.74, 6) is 0.607. The van der Waals surface area contributed by atoms with Crippen LogP contribution >= 0.6 is 11.3 Å². The van der Waals surface area contributed by atoms with E-state index < -0.39 is 10.8 Å². The van der Waals surface area contributed by atoms with Crippen LogP contribution in [0.4, 0.5) is 9.93 Å². The zero-order valence-corrected chi connectivity index (χ0v) is 13.1. The largest absolute Gasteiger partial charge is 0.331 e. The first-order valence-electron chi connectivity index (χ1n) is 6.24. The predicted molar refractivity (Wildman–Crippen MR) is 78.0 cm³/mol. The third kappa shape index (κ3) is 5.65. The molecule has 8 heteroatoms. The minimum Gasteiger partial charge on any atom is -0.331 e. The highest BCUT2D eigenvalue weighted by molar-refractivity contribution is 7.87. The highest BCUT2D eigenvalue weighted by Crippen LogP contribution is 2.19. The van der Waals surface area contributed by atoms with Gasteiger partial charge in [-0.2, -0.15) is 0 Å². The van der Waals surface area contributed by atoms with E-state index in [1.807, 2.05) is 0 Å². The van der Waals surface area contributed by atoms with Crippen LogP contribution in [0.5, 0.6) is 0 Å². The molecule has 0 saturated carbocycles. The molecule has 0 aliphatic carbocycles. The van der Waals surface area contributed by atoms with Gasteiger partial charge in [-0.05, 0) is 6.42 Å². The van der Waals surface area contributed by atoms with Crippen molar-refractivity contribution in [1.82, 2.24) is 15.1 Å². The van der Waals surface area contributed by atoms with Crippen LogP contribution in [0, 0.1) is 0 Å². The normalized spacial score (nSPS) is 12.2. The summed E-state index contributed by atoms with van der Waals surface area (Å²) in [4.78, 5) is 12.8. The smallest absolute Gasteiger partial charge is 0.323 e. The van der Waals surface area contributed by atoms with Gasteiger partial charge in [0, 0.05) is 19.8 Å². The van der Waals surface area contributed by atoms with Crippen LogP contribution in [0.15, 0.2) is 4.34 Å². The molecule has 1 rings (SSSR count). The highest BCUT2D eigenvalue weighted by atomic mass is 32.2. The average molecular weight is 304 g/mol. The maximum absolute atomic E-state index is 11.9. The molecule has 19 heavy (non-hydrogen) atoms. The van der Waals surface area contributed by atoms with Gasteiger partial charge >= 0.3 is 6.03 Å². The lowest BCUT2D eigenvalue weighted by atomic mass is 10.2. The number of amides is 2. The summed E-state index contributed by atoms with van der Waals surface area (Å²) in [6.45, 7) is 2.14. The summed E-state index contributed by atoms with van der Waals surface area (Å²) in [7, 11) is 2.17. The molecule has 0 aliphatic rings. The van der Waals surface area contributed by atoms with Crippen LogP contribution in [0.1, 0.15) is 32.6 Å². The average Bonchev–Trinajstić information content (AvgIpc) is 2.82. The van der Waals surface area contributed by atoms with Crippen molar-refractivity contribution < 1.29 is 9.00 Å². The number of urea groups is 1. The van der Waals surface area contributed by atoms with Crippen molar-refractivity contribution in [2.75, 3.05) is 25.2 Å². The Labute approximate surface area is 120 Å². The van der Waals surface area contributed by atoms with Gasteiger partial charge in [0.05, 0.1) is 10.8 Å². The van der Waals surface area contributed by atoms with E-state index in [4.69, 9.17) is 0 Å². The van der Waals surface area contributed by atoms with E-state index in [-0.39, 0.29) is 6.03 Å². The third-order valence-electron chi connectivity index (χ3n) is 2.40. The molecular weight excluding hydrogens is 284 g/mol. The first kappa shape index (κ1) is 16.0. The first-order chi connectivity index (χ1) is 9.04. The summed E-state index contributed by atoms with van der Waals surface area (Å²) < 4.78 is 12.4. The van der Waals surface area contributed by atoms with Gasteiger partial charge in [-0.1, -0.05) is 37.5 Å². The van der Waals surface area contributed by atoms with E-state index >= 15 is 0 Å². The molecule has 1 heterocycles. The fourth-order valence-electron chi connectivity index (χ4n) is 1.30. The minimum absolute atomic E-state index is 0.267. The molecule has 0 spiro atoms.